The van der Waals surface area contributed by atoms with Gasteiger partial charge in [-0.3, -0.25) is 9.59 Å². The number of aryl methyl sites for hydroxylation is 1. The van der Waals surface area contributed by atoms with Crippen LogP contribution in [0.2, 0.25) is 0 Å². The summed E-state index contributed by atoms with van der Waals surface area (Å²) in [7, 11) is 0. The first-order valence-electron chi connectivity index (χ1n) is 6.74. The smallest absolute Gasteiger partial charge is 0.305 e. The van der Waals surface area contributed by atoms with Gasteiger partial charge in [0.2, 0.25) is 5.78 Å². The first-order chi connectivity index (χ1) is 9.65. The van der Waals surface area contributed by atoms with Crippen LogP contribution in [0.1, 0.15) is 33.8 Å². The fraction of sp³-hybridized carbons (Fsp3) is 0.333. The molecule has 1 aliphatic rings. The number of H-pyrrole nitrogens is 1. The summed E-state index contributed by atoms with van der Waals surface area (Å²) >= 11 is 0.976. The van der Waals surface area contributed by atoms with Crippen molar-refractivity contribution in [3.63, 3.8) is 0 Å². The molecule has 0 unspecified atom stereocenters. The molecule has 1 aliphatic heterocycles. The van der Waals surface area contributed by atoms with Gasteiger partial charge in [-0.05, 0) is 44.0 Å². The molecule has 3 rings (SSSR count). The van der Waals surface area contributed by atoms with Crippen LogP contribution in [-0.4, -0.2) is 23.9 Å². The van der Waals surface area contributed by atoms with Crippen LogP contribution in [-0.2, 0) is 0 Å². The largest absolute Gasteiger partial charge is 0.372 e. The summed E-state index contributed by atoms with van der Waals surface area (Å²) in [4.78, 5) is 28.9. The molecule has 0 aliphatic carbocycles. The summed E-state index contributed by atoms with van der Waals surface area (Å²) in [5, 5.41) is 0. The maximum Gasteiger partial charge on any atom is 0.305 e. The molecule has 104 valence electrons. The average molecular weight is 288 g/mol. The van der Waals surface area contributed by atoms with E-state index in [0.717, 1.165) is 30.1 Å². The number of hydrogen-bond donors (Lipinski definition) is 1. The Balaban J connectivity index is 1.85. The van der Waals surface area contributed by atoms with E-state index in [1.807, 2.05) is 24.3 Å². The van der Waals surface area contributed by atoms with E-state index < -0.39 is 0 Å². The van der Waals surface area contributed by atoms with Crippen LogP contribution in [0.15, 0.2) is 29.1 Å². The molecule has 0 atom stereocenters. The molecule has 0 radical (unpaired) electrons. The lowest BCUT2D eigenvalue weighted by molar-refractivity contribution is 0.104. The van der Waals surface area contributed by atoms with Crippen LogP contribution in [0.3, 0.4) is 0 Å². The van der Waals surface area contributed by atoms with Gasteiger partial charge in [0.1, 0.15) is 0 Å². The Morgan fingerprint density at radius 1 is 1.20 bits per heavy atom. The third kappa shape index (κ3) is 2.41. The molecule has 0 saturated carbocycles. The van der Waals surface area contributed by atoms with E-state index in [4.69, 9.17) is 0 Å². The average Bonchev–Trinajstić information content (AvgIpc) is 3.08. The zero-order valence-electron chi connectivity index (χ0n) is 11.3. The quantitative estimate of drug-likeness (QED) is 0.883. The fourth-order valence-corrected chi connectivity index (χ4v) is 3.36. The summed E-state index contributed by atoms with van der Waals surface area (Å²) in [5.74, 6) is -0.0844. The summed E-state index contributed by atoms with van der Waals surface area (Å²) in [5.41, 5.74) is 2.44. The molecule has 1 saturated heterocycles. The second-order valence-electron chi connectivity index (χ2n) is 5.04. The molecular weight excluding hydrogens is 272 g/mol. The molecule has 1 fully saturated rings. The van der Waals surface area contributed by atoms with Crippen molar-refractivity contribution < 1.29 is 4.79 Å². The molecule has 0 spiro atoms. The van der Waals surface area contributed by atoms with Gasteiger partial charge in [0.15, 0.2) is 0 Å². The Hall–Kier alpha value is -1.88. The number of benzene rings is 1. The third-order valence-corrected chi connectivity index (χ3v) is 4.62. The van der Waals surface area contributed by atoms with Crippen molar-refractivity contribution in [1.82, 2.24) is 4.98 Å². The van der Waals surface area contributed by atoms with Crippen molar-refractivity contribution in [2.75, 3.05) is 18.0 Å². The number of ketones is 1. The lowest BCUT2D eigenvalue weighted by atomic mass is 10.1. The number of carbonyl (C=O) groups is 1. The Kier molecular flexibility index (Phi) is 3.44. The number of aromatic nitrogens is 1. The van der Waals surface area contributed by atoms with Gasteiger partial charge >= 0.3 is 4.87 Å². The predicted molar refractivity (Wildman–Crippen MR) is 81.0 cm³/mol. The van der Waals surface area contributed by atoms with Gasteiger partial charge in [-0.25, -0.2) is 0 Å². The third-order valence-electron chi connectivity index (χ3n) is 3.63. The number of thiazole rings is 1. The van der Waals surface area contributed by atoms with Crippen molar-refractivity contribution in [1.29, 1.82) is 0 Å². The number of carbonyl (C=O) groups excluding carboxylic acids is 1. The molecule has 2 aromatic rings. The zero-order valence-corrected chi connectivity index (χ0v) is 12.1. The van der Waals surface area contributed by atoms with Crippen LogP contribution in [0, 0.1) is 6.92 Å². The summed E-state index contributed by atoms with van der Waals surface area (Å²) in [6.45, 7) is 3.93. The van der Waals surface area contributed by atoms with Crippen LogP contribution in [0.4, 0.5) is 5.69 Å². The Bertz CT molecular complexity index is 679. The van der Waals surface area contributed by atoms with Crippen LogP contribution >= 0.6 is 11.3 Å². The first-order valence-corrected chi connectivity index (χ1v) is 7.56. The highest BCUT2D eigenvalue weighted by Gasteiger charge is 2.17. The Morgan fingerprint density at radius 3 is 2.40 bits per heavy atom. The van der Waals surface area contributed by atoms with Crippen molar-refractivity contribution in [3.05, 3.63) is 50.1 Å². The number of aromatic amines is 1. The lowest BCUT2D eigenvalue weighted by Gasteiger charge is -2.17. The lowest BCUT2D eigenvalue weighted by Crippen LogP contribution is -2.17. The Morgan fingerprint density at radius 2 is 1.85 bits per heavy atom. The molecule has 1 aromatic carbocycles. The van der Waals surface area contributed by atoms with E-state index >= 15 is 0 Å². The topological polar surface area (TPSA) is 53.2 Å². The van der Waals surface area contributed by atoms with Gasteiger partial charge in [-0.15, -0.1) is 0 Å². The van der Waals surface area contributed by atoms with E-state index in [1.54, 1.807) is 6.92 Å². The van der Waals surface area contributed by atoms with Crippen molar-refractivity contribution in [3.8, 4) is 0 Å². The molecule has 0 amide bonds. The van der Waals surface area contributed by atoms with Gasteiger partial charge in [0, 0.05) is 30.0 Å². The van der Waals surface area contributed by atoms with E-state index in [0.29, 0.717) is 16.1 Å². The van der Waals surface area contributed by atoms with Crippen molar-refractivity contribution in [2.24, 2.45) is 0 Å². The number of rotatable bonds is 3. The summed E-state index contributed by atoms with van der Waals surface area (Å²) in [6.07, 6.45) is 2.47. The number of nitrogens with zero attached hydrogens (tertiary/aromatic N) is 1. The van der Waals surface area contributed by atoms with Crippen LogP contribution in [0.25, 0.3) is 0 Å². The van der Waals surface area contributed by atoms with Crippen molar-refractivity contribution in [2.45, 2.75) is 19.8 Å². The second kappa shape index (κ2) is 5.25. The zero-order chi connectivity index (χ0) is 14.1. The Labute approximate surface area is 121 Å². The second-order valence-corrected chi connectivity index (χ2v) is 6.02. The van der Waals surface area contributed by atoms with E-state index in [2.05, 4.69) is 9.88 Å². The highest BCUT2D eigenvalue weighted by atomic mass is 32.1. The van der Waals surface area contributed by atoms with Gasteiger partial charge < -0.3 is 9.88 Å². The molecule has 4 nitrogen and oxygen atoms in total. The minimum Gasteiger partial charge on any atom is -0.372 e. The molecule has 5 heteroatoms. The SMILES string of the molecule is Cc1[nH]c(=O)sc1C(=O)c1ccc(N2CCCC2)cc1. The molecule has 0 bridgehead atoms. The normalized spacial score (nSPS) is 14.8. The predicted octanol–water partition coefficient (Wildman–Crippen LogP) is 2.58. The number of hydrogen-bond acceptors (Lipinski definition) is 4. The van der Waals surface area contributed by atoms with Gasteiger partial charge in [0.25, 0.3) is 0 Å². The molecule has 1 N–H and O–H groups in total. The summed E-state index contributed by atoms with van der Waals surface area (Å²) in [6, 6.07) is 7.67. The van der Waals surface area contributed by atoms with Crippen molar-refractivity contribution >= 4 is 22.8 Å². The molecule has 1 aromatic heterocycles. The van der Waals surface area contributed by atoms with Crippen LogP contribution < -0.4 is 9.77 Å². The maximum atomic E-state index is 12.4. The number of anilines is 1. The van der Waals surface area contributed by atoms with E-state index in [9.17, 15) is 9.59 Å². The monoisotopic (exact) mass is 288 g/mol. The molecular formula is C15H16N2O2S. The minimum absolute atomic E-state index is 0.0844. The number of nitrogens with one attached hydrogen (secondary N) is 1. The highest BCUT2D eigenvalue weighted by molar-refractivity contribution is 7.11. The highest BCUT2D eigenvalue weighted by Crippen LogP contribution is 2.22. The van der Waals surface area contributed by atoms with E-state index in [-0.39, 0.29) is 10.7 Å². The van der Waals surface area contributed by atoms with Crippen LogP contribution in [0.5, 0.6) is 0 Å². The van der Waals surface area contributed by atoms with Gasteiger partial charge in [-0.2, -0.15) is 0 Å². The molecule has 2 heterocycles. The van der Waals surface area contributed by atoms with E-state index in [1.165, 1.54) is 12.8 Å². The minimum atomic E-state index is -0.181. The maximum absolute atomic E-state index is 12.4. The first kappa shape index (κ1) is 13.1. The molecule has 20 heavy (non-hydrogen) atoms. The summed E-state index contributed by atoms with van der Waals surface area (Å²) < 4.78 is 0. The fourth-order valence-electron chi connectivity index (χ4n) is 2.55. The van der Waals surface area contributed by atoms with Gasteiger partial charge in [-0.1, -0.05) is 11.3 Å². The standard InChI is InChI=1S/C15H16N2O2S/c1-10-14(20-15(19)16-10)13(18)11-4-6-12(7-5-11)17-8-2-3-9-17/h4-7H,2-3,8-9H2,1H3,(H,16,19). The van der Waals surface area contributed by atoms with Gasteiger partial charge in [0.05, 0.1) is 4.88 Å².